The van der Waals surface area contributed by atoms with Crippen molar-refractivity contribution in [3.8, 4) is 5.75 Å². The second-order valence-corrected chi connectivity index (χ2v) is 14.8. The van der Waals surface area contributed by atoms with Gasteiger partial charge in [-0.1, -0.05) is 146 Å². The summed E-state index contributed by atoms with van der Waals surface area (Å²) in [5.41, 5.74) is 3.62. The van der Waals surface area contributed by atoms with E-state index in [0.29, 0.717) is 40.4 Å². The zero-order chi connectivity index (χ0) is 43.0. The first kappa shape index (κ1) is 40.7. The SMILES string of the molecule is COc1ccccc1C(OC[C@H]1O[C@@H](n2cnc3c(NCc4ccccc4)ncnc32)[C@H](OC(=O)c2ccccc2)[C@@H]1OC(=O)c1ccccc1)(c1ccccc1)c1ccccc1. The third-order valence-electron chi connectivity index (χ3n) is 11.0. The molecule has 0 amide bonds. The number of aromatic nitrogens is 4. The monoisotopic (exact) mass is 837 g/mol. The minimum absolute atomic E-state index is 0.157. The molecule has 63 heavy (non-hydrogen) atoms. The van der Waals surface area contributed by atoms with Gasteiger partial charge in [0.25, 0.3) is 0 Å². The largest absolute Gasteiger partial charge is 0.496 e. The van der Waals surface area contributed by atoms with Crippen LogP contribution in [0.5, 0.6) is 5.75 Å². The summed E-state index contributed by atoms with van der Waals surface area (Å²) in [6, 6.07) is 54.5. The summed E-state index contributed by atoms with van der Waals surface area (Å²) in [4.78, 5) is 42.1. The molecule has 1 fully saturated rings. The highest BCUT2D eigenvalue weighted by atomic mass is 16.7. The van der Waals surface area contributed by atoms with Gasteiger partial charge in [-0.05, 0) is 47.0 Å². The van der Waals surface area contributed by atoms with E-state index in [1.165, 1.54) is 6.33 Å². The number of hydrogen-bond donors (Lipinski definition) is 1. The summed E-state index contributed by atoms with van der Waals surface area (Å²) in [6.45, 7) is 0.334. The van der Waals surface area contributed by atoms with Gasteiger partial charge in [0.15, 0.2) is 35.4 Å². The third-order valence-corrected chi connectivity index (χ3v) is 11.0. The number of para-hydroxylation sites is 1. The molecule has 8 aromatic rings. The Hall–Kier alpha value is -7.67. The standard InChI is InChI=1S/C51H43N5O7/c1-59-41-30-18-17-29-40(41)51(38-25-13-5-14-26-38,39-27-15-6-16-28-39)60-32-42-44(62-49(57)36-21-9-3-10-22-36)45(63-50(58)37-23-11-4-12-24-37)48(61-42)56-34-55-43-46(53-33-54-47(43)56)52-31-35-19-7-2-8-20-35/h2-30,33-34,42,44-45,48H,31-32H2,1H3,(H,52,53,54)/t42-,44-,45-,48-/m1/s1. The van der Waals surface area contributed by atoms with Crippen LogP contribution in [-0.4, -0.2) is 63.5 Å². The van der Waals surface area contributed by atoms with Gasteiger partial charge < -0.3 is 29.0 Å². The molecule has 12 heteroatoms. The van der Waals surface area contributed by atoms with Crippen LogP contribution in [0.1, 0.15) is 49.2 Å². The Bertz CT molecular complexity index is 2740. The van der Waals surface area contributed by atoms with Gasteiger partial charge in [-0.15, -0.1) is 0 Å². The smallest absolute Gasteiger partial charge is 0.338 e. The van der Waals surface area contributed by atoms with Crippen molar-refractivity contribution >= 4 is 28.9 Å². The van der Waals surface area contributed by atoms with Crippen molar-refractivity contribution in [3.63, 3.8) is 0 Å². The van der Waals surface area contributed by atoms with Gasteiger partial charge >= 0.3 is 11.9 Å². The Morgan fingerprint density at radius 3 is 1.79 bits per heavy atom. The first-order chi connectivity index (χ1) is 31.0. The van der Waals surface area contributed by atoms with E-state index in [1.54, 1.807) is 66.5 Å². The topological polar surface area (TPSA) is 136 Å². The molecule has 12 nitrogen and oxygen atoms in total. The molecule has 9 rings (SSSR count). The maximum absolute atomic E-state index is 14.1. The summed E-state index contributed by atoms with van der Waals surface area (Å²) in [5.74, 6) is -0.184. The van der Waals surface area contributed by atoms with Gasteiger partial charge in [-0.25, -0.2) is 24.5 Å². The number of fused-ring (bicyclic) bond motifs is 1. The highest BCUT2D eigenvalue weighted by molar-refractivity contribution is 5.90. The first-order valence-electron chi connectivity index (χ1n) is 20.5. The predicted molar refractivity (Wildman–Crippen MR) is 236 cm³/mol. The molecule has 3 heterocycles. The Morgan fingerprint density at radius 2 is 1.19 bits per heavy atom. The lowest BCUT2D eigenvalue weighted by atomic mass is 9.79. The van der Waals surface area contributed by atoms with Crippen LogP contribution in [0.2, 0.25) is 0 Å². The predicted octanol–water partition coefficient (Wildman–Crippen LogP) is 8.80. The molecule has 0 spiro atoms. The third kappa shape index (κ3) is 8.37. The molecular weight excluding hydrogens is 795 g/mol. The normalized spacial score (nSPS) is 17.2. The second-order valence-electron chi connectivity index (χ2n) is 14.8. The van der Waals surface area contributed by atoms with Crippen molar-refractivity contribution in [2.24, 2.45) is 0 Å². The lowest BCUT2D eigenvalue weighted by Gasteiger charge is -2.37. The molecule has 1 aliphatic rings. The zero-order valence-corrected chi connectivity index (χ0v) is 34.3. The van der Waals surface area contributed by atoms with Crippen molar-refractivity contribution in [1.82, 2.24) is 19.5 Å². The van der Waals surface area contributed by atoms with Crippen LogP contribution in [0, 0.1) is 0 Å². The fourth-order valence-corrected chi connectivity index (χ4v) is 8.03. The van der Waals surface area contributed by atoms with Crippen molar-refractivity contribution in [3.05, 3.63) is 222 Å². The second kappa shape index (κ2) is 18.5. The van der Waals surface area contributed by atoms with E-state index in [9.17, 15) is 9.59 Å². The fraction of sp³-hybridized carbons (Fsp3) is 0.157. The minimum Gasteiger partial charge on any atom is -0.496 e. The Balaban J connectivity index is 1.16. The Morgan fingerprint density at radius 1 is 0.651 bits per heavy atom. The summed E-state index contributed by atoms with van der Waals surface area (Å²) >= 11 is 0. The number of nitrogens with one attached hydrogen (secondary N) is 1. The number of benzene rings is 6. The van der Waals surface area contributed by atoms with E-state index in [4.69, 9.17) is 28.7 Å². The maximum Gasteiger partial charge on any atom is 0.338 e. The number of carbonyl (C=O) groups is 2. The lowest BCUT2D eigenvalue weighted by Crippen LogP contribution is -2.43. The molecule has 0 unspecified atom stereocenters. The highest BCUT2D eigenvalue weighted by Crippen LogP contribution is 2.46. The molecule has 1 N–H and O–H groups in total. The van der Waals surface area contributed by atoms with Crippen molar-refractivity contribution in [2.45, 2.75) is 36.7 Å². The number of nitrogens with zero attached hydrogens (tertiary/aromatic N) is 4. The van der Waals surface area contributed by atoms with E-state index in [1.807, 2.05) is 127 Å². The van der Waals surface area contributed by atoms with E-state index in [0.717, 1.165) is 22.3 Å². The molecule has 0 saturated carbocycles. The lowest BCUT2D eigenvalue weighted by molar-refractivity contribution is -0.0965. The summed E-state index contributed by atoms with van der Waals surface area (Å²) < 4.78 is 34.8. The van der Waals surface area contributed by atoms with Gasteiger partial charge in [0.2, 0.25) is 0 Å². The zero-order valence-electron chi connectivity index (χ0n) is 34.3. The van der Waals surface area contributed by atoms with E-state index in [-0.39, 0.29) is 6.61 Å². The molecule has 314 valence electrons. The summed E-state index contributed by atoms with van der Waals surface area (Å²) in [5, 5.41) is 3.37. The van der Waals surface area contributed by atoms with Gasteiger partial charge in [0, 0.05) is 12.1 Å². The molecular formula is C51H43N5O7. The molecule has 4 atom stereocenters. The van der Waals surface area contributed by atoms with Crippen LogP contribution in [0.4, 0.5) is 5.82 Å². The van der Waals surface area contributed by atoms with Crippen LogP contribution in [0.25, 0.3) is 11.2 Å². The fourth-order valence-electron chi connectivity index (χ4n) is 8.03. The van der Waals surface area contributed by atoms with Crippen LogP contribution >= 0.6 is 0 Å². The molecule has 6 aromatic carbocycles. The van der Waals surface area contributed by atoms with Gasteiger partial charge in [0.1, 0.15) is 23.8 Å². The molecule has 0 bridgehead atoms. The van der Waals surface area contributed by atoms with E-state index in [2.05, 4.69) is 15.3 Å². The van der Waals surface area contributed by atoms with Crippen molar-refractivity contribution in [1.29, 1.82) is 0 Å². The average molecular weight is 838 g/mol. The number of esters is 2. The maximum atomic E-state index is 14.1. The first-order valence-corrected chi connectivity index (χ1v) is 20.5. The summed E-state index contributed by atoms with van der Waals surface area (Å²) in [7, 11) is 1.62. The van der Waals surface area contributed by atoms with Crippen LogP contribution < -0.4 is 10.1 Å². The summed E-state index contributed by atoms with van der Waals surface area (Å²) in [6.07, 6.45) is -1.55. The van der Waals surface area contributed by atoms with Gasteiger partial charge in [-0.2, -0.15) is 0 Å². The molecule has 1 aliphatic heterocycles. The molecule has 1 saturated heterocycles. The van der Waals surface area contributed by atoms with Gasteiger partial charge in [-0.3, -0.25) is 4.57 Å². The van der Waals surface area contributed by atoms with Crippen molar-refractivity contribution in [2.75, 3.05) is 19.0 Å². The molecule has 0 radical (unpaired) electrons. The number of methoxy groups -OCH3 is 1. The quantitative estimate of drug-likeness (QED) is 0.0784. The van der Waals surface area contributed by atoms with Crippen molar-refractivity contribution < 1.29 is 33.3 Å². The molecule has 2 aromatic heterocycles. The Kier molecular flexibility index (Phi) is 12.0. The van der Waals surface area contributed by atoms with Crippen LogP contribution in [0.15, 0.2) is 189 Å². The van der Waals surface area contributed by atoms with Crippen LogP contribution in [-0.2, 0) is 31.1 Å². The van der Waals surface area contributed by atoms with E-state index < -0.39 is 42.1 Å². The highest BCUT2D eigenvalue weighted by Gasteiger charge is 2.53. The number of anilines is 1. The average Bonchev–Trinajstić information content (AvgIpc) is 3.93. The van der Waals surface area contributed by atoms with Gasteiger partial charge in [0.05, 0.1) is 31.2 Å². The Labute approximate surface area is 364 Å². The minimum atomic E-state index is -1.27. The van der Waals surface area contributed by atoms with E-state index >= 15 is 0 Å². The number of carbonyl (C=O) groups excluding carboxylic acids is 2. The number of rotatable bonds is 15. The molecule has 0 aliphatic carbocycles. The van der Waals surface area contributed by atoms with Crippen LogP contribution in [0.3, 0.4) is 0 Å². The number of imidazole rings is 1. The number of hydrogen-bond acceptors (Lipinski definition) is 11. The number of ether oxygens (including phenoxy) is 5.